The second-order valence-electron chi connectivity index (χ2n) is 5.09. The van der Waals surface area contributed by atoms with Crippen LogP contribution in [0.5, 0.6) is 0 Å². The van der Waals surface area contributed by atoms with Crippen LogP contribution in [0.25, 0.3) is 0 Å². The molecule has 1 aliphatic rings. The molecule has 0 aliphatic carbocycles. The topological polar surface area (TPSA) is 15.3 Å². The third-order valence-corrected chi connectivity index (χ3v) is 3.82. The van der Waals surface area contributed by atoms with Crippen LogP contribution in [0.4, 0.5) is 5.69 Å². The molecule has 17 heavy (non-hydrogen) atoms. The first-order valence-electron chi connectivity index (χ1n) is 6.80. The minimum absolute atomic E-state index is 0.882. The van der Waals surface area contributed by atoms with Crippen LogP contribution in [0, 0.1) is 5.92 Å². The highest BCUT2D eigenvalue weighted by atomic mass is 15.1. The number of rotatable bonds is 5. The molecule has 94 valence electrons. The van der Waals surface area contributed by atoms with Gasteiger partial charge >= 0.3 is 0 Å². The molecule has 2 heteroatoms. The van der Waals surface area contributed by atoms with Gasteiger partial charge in [-0.2, -0.15) is 0 Å². The van der Waals surface area contributed by atoms with Gasteiger partial charge in [0.1, 0.15) is 0 Å². The number of nitrogens with zero attached hydrogens (tertiary/aromatic N) is 1. The molecule has 2 nitrogen and oxygen atoms in total. The third kappa shape index (κ3) is 3.47. The molecule has 0 radical (unpaired) electrons. The van der Waals surface area contributed by atoms with Gasteiger partial charge in [0, 0.05) is 19.3 Å². The van der Waals surface area contributed by atoms with Crippen molar-refractivity contribution < 1.29 is 0 Å². The van der Waals surface area contributed by atoms with Gasteiger partial charge in [0.25, 0.3) is 0 Å². The van der Waals surface area contributed by atoms with Crippen LogP contribution in [-0.4, -0.2) is 26.7 Å². The SMILES string of the molecule is CCc1ccc(N(C)CCC2CCNC2)cc1. The summed E-state index contributed by atoms with van der Waals surface area (Å²) in [6, 6.07) is 8.96. The molecule has 1 fully saturated rings. The van der Waals surface area contributed by atoms with Gasteiger partial charge in [0.05, 0.1) is 0 Å². The molecule has 0 spiro atoms. The van der Waals surface area contributed by atoms with E-state index in [2.05, 4.69) is 48.5 Å². The lowest BCUT2D eigenvalue weighted by Crippen LogP contribution is -2.21. The summed E-state index contributed by atoms with van der Waals surface area (Å²) >= 11 is 0. The van der Waals surface area contributed by atoms with E-state index >= 15 is 0 Å². The van der Waals surface area contributed by atoms with Gasteiger partial charge in [-0.3, -0.25) is 0 Å². The maximum atomic E-state index is 3.43. The number of hydrogen-bond donors (Lipinski definition) is 1. The normalized spacial score (nSPS) is 19.5. The first-order chi connectivity index (χ1) is 8.29. The maximum Gasteiger partial charge on any atom is 0.0363 e. The van der Waals surface area contributed by atoms with E-state index in [4.69, 9.17) is 0 Å². The Kier molecular flexibility index (Phi) is 4.43. The fraction of sp³-hybridized carbons (Fsp3) is 0.600. The summed E-state index contributed by atoms with van der Waals surface area (Å²) in [5, 5.41) is 3.43. The first kappa shape index (κ1) is 12.4. The van der Waals surface area contributed by atoms with E-state index < -0.39 is 0 Å². The Morgan fingerprint density at radius 2 is 2.06 bits per heavy atom. The average Bonchev–Trinajstić information content (AvgIpc) is 2.89. The van der Waals surface area contributed by atoms with E-state index in [1.807, 2.05) is 0 Å². The van der Waals surface area contributed by atoms with Crippen LogP contribution < -0.4 is 10.2 Å². The smallest absolute Gasteiger partial charge is 0.0363 e. The second kappa shape index (κ2) is 6.06. The van der Waals surface area contributed by atoms with Crippen LogP contribution in [0.2, 0.25) is 0 Å². The molecule has 1 unspecified atom stereocenters. The Balaban J connectivity index is 1.83. The zero-order chi connectivity index (χ0) is 12.1. The quantitative estimate of drug-likeness (QED) is 0.839. The summed E-state index contributed by atoms with van der Waals surface area (Å²) in [6.45, 7) is 5.78. The van der Waals surface area contributed by atoms with E-state index in [-0.39, 0.29) is 0 Å². The van der Waals surface area contributed by atoms with Crippen LogP contribution in [0.15, 0.2) is 24.3 Å². The van der Waals surface area contributed by atoms with Gasteiger partial charge in [-0.25, -0.2) is 0 Å². The molecule has 0 aromatic heterocycles. The fourth-order valence-corrected chi connectivity index (χ4v) is 2.45. The Morgan fingerprint density at radius 3 is 2.65 bits per heavy atom. The molecule has 1 aromatic carbocycles. The zero-order valence-electron chi connectivity index (χ0n) is 11.1. The molecule has 1 aliphatic heterocycles. The predicted octanol–water partition coefficient (Wildman–Crippen LogP) is 2.68. The van der Waals surface area contributed by atoms with Gasteiger partial charge in [0.2, 0.25) is 0 Å². The van der Waals surface area contributed by atoms with E-state index in [1.54, 1.807) is 0 Å². The van der Waals surface area contributed by atoms with Crippen molar-refractivity contribution in [2.45, 2.75) is 26.2 Å². The molecule has 1 N–H and O–H groups in total. The average molecular weight is 232 g/mol. The largest absolute Gasteiger partial charge is 0.375 e. The lowest BCUT2D eigenvalue weighted by Gasteiger charge is -2.21. The summed E-state index contributed by atoms with van der Waals surface area (Å²) < 4.78 is 0. The highest BCUT2D eigenvalue weighted by Gasteiger charge is 2.14. The van der Waals surface area contributed by atoms with Crippen LogP contribution in [-0.2, 0) is 6.42 Å². The molecular weight excluding hydrogens is 208 g/mol. The van der Waals surface area contributed by atoms with E-state index in [0.29, 0.717) is 0 Å². The summed E-state index contributed by atoms with van der Waals surface area (Å²) in [5.74, 6) is 0.882. The molecule has 0 amide bonds. The van der Waals surface area contributed by atoms with Crippen LogP contribution >= 0.6 is 0 Å². The second-order valence-corrected chi connectivity index (χ2v) is 5.09. The van der Waals surface area contributed by atoms with E-state index in [9.17, 15) is 0 Å². The standard InChI is InChI=1S/C15H24N2/c1-3-13-4-6-15(7-5-13)17(2)11-9-14-8-10-16-12-14/h4-7,14,16H,3,8-12H2,1-2H3. The van der Waals surface area contributed by atoms with Crippen molar-refractivity contribution in [2.24, 2.45) is 5.92 Å². The van der Waals surface area contributed by atoms with Gasteiger partial charge in [0.15, 0.2) is 0 Å². The summed E-state index contributed by atoms with van der Waals surface area (Å²) in [5.41, 5.74) is 2.76. The zero-order valence-corrected chi connectivity index (χ0v) is 11.1. The predicted molar refractivity (Wildman–Crippen MR) is 74.7 cm³/mol. The molecule has 1 atom stereocenters. The number of nitrogens with one attached hydrogen (secondary N) is 1. The van der Waals surface area contributed by atoms with Crippen molar-refractivity contribution >= 4 is 5.69 Å². The Hall–Kier alpha value is -1.02. The molecule has 2 rings (SSSR count). The molecule has 1 saturated heterocycles. The molecule has 0 saturated carbocycles. The number of hydrogen-bond acceptors (Lipinski definition) is 2. The molecule has 0 bridgehead atoms. The monoisotopic (exact) mass is 232 g/mol. The maximum absolute atomic E-state index is 3.43. The van der Waals surface area contributed by atoms with Gasteiger partial charge in [-0.05, 0) is 56.0 Å². The lowest BCUT2D eigenvalue weighted by atomic mass is 10.0. The summed E-state index contributed by atoms with van der Waals surface area (Å²) in [6.07, 6.45) is 3.78. The Morgan fingerprint density at radius 1 is 1.29 bits per heavy atom. The third-order valence-electron chi connectivity index (χ3n) is 3.82. The van der Waals surface area contributed by atoms with Crippen molar-refractivity contribution in [3.05, 3.63) is 29.8 Å². The first-order valence-corrected chi connectivity index (χ1v) is 6.80. The van der Waals surface area contributed by atoms with Crippen LogP contribution in [0.3, 0.4) is 0 Å². The summed E-state index contributed by atoms with van der Waals surface area (Å²) in [4.78, 5) is 2.37. The Labute approximate surface area is 105 Å². The van der Waals surface area contributed by atoms with Gasteiger partial charge in [-0.15, -0.1) is 0 Å². The van der Waals surface area contributed by atoms with Gasteiger partial charge in [-0.1, -0.05) is 19.1 Å². The van der Waals surface area contributed by atoms with Crippen LogP contribution in [0.1, 0.15) is 25.3 Å². The Bertz CT molecular complexity index is 325. The van der Waals surface area contributed by atoms with Crippen molar-refractivity contribution in [1.82, 2.24) is 5.32 Å². The number of benzene rings is 1. The molecule has 1 heterocycles. The molecule has 1 aromatic rings. The number of aryl methyl sites for hydroxylation is 1. The van der Waals surface area contributed by atoms with Gasteiger partial charge < -0.3 is 10.2 Å². The van der Waals surface area contributed by atoms with E-state index in [1.165, 1.54) is 37.2 Å². The lowest BCUT2D eigenvalue weighted by molar-refractivity contribution is 0.533. The minimum atomic E-state index is 0.882. The van der Waals surface area contributed by atoms with Crippen molar-refractivity contribution in [2.75, 3.05) is 31.6 Å². The number of anilines is 1. The molecular formula is C15H24N2. The van der Waals surface area contributed by atoms with Crippen molar-refractivity contribution in [1.29, 1.82) is 0 Å². The summed E-state index contributed by atoms with van der Waals surface area (Å²) in [7, 11) is 2.20. The van der Waals surface area contributed by atoms with Crippen molar-refractivity contribution in [3.8, 4) is 0 Å². The highest BCUT2D eigenvalue weighted by Crippen LogP contribution is 2.17. The fourth-order valence-electron chi connectivity index (χ4n) is 2.45. The minimum Gasteiger partial charge on any atom is -0.375 e. The van der Waals surface area contributed by atoms with Crippen molar-refractivity contribution in [3.63, 3.8) is 0 Å². The highest BCUT2D eigenvalue weighted by molar-refractivity contribution is 5.46. The van der Waals surface area contributed by atoms with E-state index in [0.717, 1.165) is 18.9 Å².